The van der Waals surface area contributed by atoms with Crippen molar-refractivity contribution in [2.75, 3.05) is 7.11 Å². The molecule has 0 spiro atoms. The number of hydrogen-bond donors (Lipinski definition) is 3. The van der Waals surface area contributed by atoms with Gasteiger partial charge in [-0.05, 0) is 29.3 Å². The fourth-order valence-electron chi connectivity index (χ4n) is 3.45. The number of carboxylic acids is 1. The normalized spacial score (nSPS) is 19.9. The minimum atomic E-state index is -0.829. The largest absolute Gasteiger partial charge is 0.497 e. The van der Waals surface area contributed by atoms with E-state index in [-0.39, 0.29) is 6.04 Å². The molecule has 1 aliphatic heterocycles. The van der Waals surface area contributed by atoms with E-state index in [4.69, 9.17) is 4.74 Å². The van der Waals surface area contributed by atoms with Crippen molar-refractivity contribution < 1.29 is 14.6 Å². The van der Waals surface area contributed by atoms with Crippen LogP contribution in [0.25, 0.3) is 10.9 Å². The number of carboxylic acid groups (broad SMARTS) is 1. The summed E-state index contributed by atoms with van der Waals surface area (Å²) in [4.78, 5) is 15.1. The summed E-state index contributed by atoms with van der Waals surface area (Å²) < 4.78 is 5.21. The van der Waals surface area contributed by atoms with E-state index in [1.165, 1.54) is 0 Å². The smallest absolute Gasteiger partial charge is 0.321 e. The van der Waals surface area contributed by atoms with E-state index in [0.717, 1.165) is 33.5 Å². The van der Waals surface area contributed by atoms with Gasteiger partial charge in [-0.1, -0.05) is 30.3 Å². The summed E-state index contributed by atoms with van der Waals surface area (Å²) >= 11 is 0. The zero-order valence-corrected chi connectivity index (χ0v) is 13.2. The summed E-state index contributed by atoms with van der Waals surface area (Å²) in [5, 5.41) is 13.9. The number of methoxy groups -OCH3 is 1. The highest BCUT2D eigenvalue weighted by Crippen LogP contribution is 2.35. The highest BCUT2D eigenvalue weighted by atomic mass is 16.5. The van der Waals surface area contributed by atoms with Gasteiger partial charge in [-0.2, -0.15) is 0 Å². The molecule has 24 heavy (non-hydrogen) atoms. The van der Waals surface area contributed by atoms with Crippen molar-refractivity contribution in [2.45, 2.75) is 18.5 Å². The van der Waals surface area contributed by atoms with Gasteiger partial charge in [-0.3, -0.25) is 10.1 Å². The minimum absolute atomic E-state index is 0.187. The van der Waals surface area contributed by atoms with E-state index in [0.29, 0.717) is 6.42 Å². The summed E-state index contributed by atoms with van der Waals surface area (Å²) in [6.45, 7) is 0. The van der Waals surface area contributed by atoms with Crippen molar-refractivity contribution in [2.24, 2.45) is 0 Å². The van der Waals surface area contributed by atoms with Crippen molar-refractivity contribution in [3.8, 4) is 5.75 Å². The van der Waals surface area contributed by atoms with Crippen LogP contribution < -0.4 is 10.1 Å². The Kier molecular flexibility index (Phi) is 3.50. The second-order valence-corrected chi connectivity index (χ2v) is 6.03. The maximum Gasteiger partial charge on any atom is 0.321 e. The summed E-state index contributed by atoms with van der Waals surface area (Å²) in [5.41, 5.74) is 4.17. The molecule has 0 unspecified atom stereocenters. The Balaban J connectivity index is 1.85. The van der Waals surface area contributed by atoms with E-state index in [2.05, 4.69) is 10.3 Å². The van der Waals surface area contributed by atoms with Gasteiger partial charge in [0.1, 0.15) is 11.8 Å². The van der Waals surface area contributed by atoms with Gasteiger partial charge < -0.3 is 14.8 Å². The van der Waals surface area contributed by atoms with Gasteiger partial charge in [0.2, 0.25) is 0 Å². The molecule has 0 saturated carbocycles. The molecule has 1 aromatic heterocycles. The average molecular weight is 322 g/mol. The van der Waals surface area contributed by atoms with Crippen molar-refractivity contribution in [1.82, 2.24) is 10.3 Å². The number of aliphatic carboxylic acids is 1. The Labute approximate surface area is 139 Å². The molecule has 0 radical (unpaired) electrons. The SMILES string of the molecule is COc1ccc([C@H]2N[C@@H](C(=O)O)Cc3c2[nH]c2ccccc32)cc1. The second kappa shape index (κ2) is 5.69. The highest BCUT2D eigenvalue weighted by molar-refractivity contribution is 5.87. The van der Waals surface area contributed by atoms with E-state index in [1.54, 1.807) is 7.11 Å². The number of aromatic nitrogens is 1. The maximum absolute atomic E-state index is 11.6. The van der Waals surface area contributed by atoms with Crippen LogP contribution in [0.1, 0.15) is 22.9 Å². The Morgan fingerprint density at radius 3 is 2.62 bits per heavy atom. The van der Waals surface area contributed by atoms with Gasteiger partial charge in [-0.25, -0.2) is 0 Å². The second-order valence-electron chi connectivity index (χ2n) is 6.03. The molecular formula is C19H18N2O3. The highest BCUT2D eigenvalue weighted by Gasteiger charge is 2.33. The molecule has 0 saturated heterocycles. The summed E-state index contributed by atoms with van der Waals surface area (Å²) in [5.74, 6) is -0.0503. The topological polar surface area (TPSA) is 74.3 Å². The first-order valence-corrected chi connectivity index (χ1v) is 7.89. The predicted octanol–water partition coefficient (Wildman–Crippen LogP) is 2.86. The molecule has 0 aliphatic carbocycles. The van der Waals surface area contributed by atoms with Crippen LogP contribution in [-0.4, -0.2) is 29.2 Å². The lowest BCUT2D eigenvalue weighted by molar-refractivity contribution is -0.139. The molecule has 2 atom stereocenters. The quantitative estimate of drug-likeness (QED) is 0.693. The fraction of sp³-hybridized carbons (Fsp3) is 0.211. The van der Waals surface area contributed by atoms with E-state index >= 15 is 0 Å². The number of H-pyrrole nitrogens is 1. The predicted molar refractivity (Wildman–Crippen MR) is 91.4 cm³/mol. The van der Waals surface area contributed by atoms with Crippen LogP contribution in [0.3, 0.4) is 0 Å². The van der Waals surface area contributed by atoms with Gasteiger partial charge in [0.15, 0.2) is 0 Å². The van der Waals surface area contributed by atoms with Crippen molar-refractivity contribution >= 4 is 16.9 Å². The Hall–Kier alpha value is -2.79. The number of aromatic amines is 1. The van der Waals surface area contributed by atoms with Crippen molar-refractivity contribution in [1.29, 1.82) is 0 Å². The van der Waals surface area contributed by atoms with Crippen LogP contribution in [0.5, 0.6) is 5.75 Å². The average Bonchev–Trinajstić information content (AvgIpc) is 2.99. The molecule has 5 nitrogen and oxygen atoms in total. The first-order chi connectivity index (χ1) is 11.7. The van der Waals surface area contributed by atoms with Crippen LogP contribution in [0.2, 0.25) is 0 Å². The molecule has 2 aromatic carbocycles. The number of hydrogen-bond acceptors (Lipinski definition) is 3. The first-order valence-electron chi connectivity index (χ1n) is 7.89. The molecule has 0 bridgehead atoms. The van der Waals surface area contributed by atoms with Crippen LogP contribution in [0.4, 0.5) is 0 Å². The zero-order valence-electron chi connectivity index (χ0n) is 13.2. The zero-order chi connectivity index (χ0) is 16.7. The van der Waals surface area contributed by atoms with Crippen LogP contribution in [-0.2, 0) is 11.2 Å². The molecular weight excluding hydrogens is 304 g/mol. The maximum atomic E-state index is 11.6. The van der Waals surface area contributed by atoms with Gasteiger partial charge in [0, 0.05) is 23.0 Å². The van der Waals surface area contributed by atoms with E-state index in [1.807, 2.05) is 48.5 Å². The van der Waals surface area contributed by atoms with Gasteiger partial charge in [0.25, 0.3) is 0 Å². The lowest BCUT2D eigenvalue weighted by Crippen LogP contribution is -2.44. The summed E-state index contributed by atoms with van der Waals surface area (Å²) in [6, 6.07) is 15.0. The fourth-order valence-corrected chi connectivity index (χ4v) is 3.45. The Morgan fingerprint density at radius 2 is 1.92 bits per heavy atom. The lowest BCUT2D eigenvalue weighted by atomic mass is 9.90. The molecule has 2 heterocycles. The standard InChI is InChI=1S/C19H18N2O3/c1-24-12-8-6-11(7-9-12)17-18-14(10-16(21-17)19(22)23)13-4-2-3-5-15(13)20-18/h2-9,16-17,20-21H,10H2,1H3,(H,22,23)/t16-,17-/m1/s1. The summed E-state index contributed by atoms with van der Waals surface area (Å²) in [7, 11) is 1.63. The number of carbonyl (C=O) groups is 1. The molecule has 3 N–H and O–H groups in total. The van der Waals surface area contributed by atoms with E-state index < -0.39 is 12.0 Å². The third-order valence-electron chi connectivity index (χ3n) is 4.66. The number of nitrogens with one attached hydrogen (secondary N) is 2. The molecule has 122 valence electrons. The monoisotopic (exact) mass is 322 g/mol. The Morgan fingerprint density at radius 1 is 1.17 bits per heavy atom. The number of para-hydroxylation sites is 1. The molecule has 3 aromatic rings. The van der Waals surface area contributed by atoms with Gasteiger partial charge in [-0.15, -0.1) is 0 Å². The van der Waals surface area contributed by atoms with E-state index in [9.17, 15) is 9.90 Å². The Bertz CT molecular complexity index is 899. The third-order valence-corrected chi connectivity index (χ3v) is 4.66. The molecule has 1 aliphatic rings. The third kappa shape index (κ3) is 2.34. The van der Waals surface area contributed by atoms with Gasteiger partial charge in [0.05, 0.1) is 13.2 Å². The first kappa shape index (κ1) is 14.8. The van der Waals surface area contributed by atoms with Crippen LogP contribution >= 0.6 is 0 Å². The number of ether oxygens (including phenoxy) is 1. The summed E-state index contributed by atoms with van der Waals surface area (Å²) in [6.07, 6.45) is 0.474. The lowest BCUT2D eigenvalue weighted by Gasteiger charge is -2.29. The minimum Gasteiger partial charge on any atom is -0.497 e. The molecule has 5 heteroatoms. The number of fused-ring (bicyclic) bond motifs is 3. The van der Waals surface area contributed by atoms with Crippen molar-refractivity contribution in [3.05, 3.63) is 65.4 Å². The van der Waals surface area contributed by atoms with Crippen LogP contribution in [0.15, 0.2) is 48.5 Å². The molecule has 0 fully saturated rings. The number of benzene rings is 2. The molecule has 4 rings (SSSR count). The van der Waals surface area contributed by atoms with Gasteiger partial charge >= 0.3 is 5.97 Å². The number of rotatable bonds is 3. The van der Waals surface area contributed by atoms with Crippen molar-refractivity contribution in [3.63, 3.8) is 0 Å². The van der Waals surface area contributed by atoms with Crippen LogP contribution in [0, 0.1) is 0 Å². The molecule has 0 amide bonds.